The van der Waals surface area contributed by atoms with Crippen molar-refractivity contribution in [3.05, 3.63) is 60.2 Å². The van der Waals surface area contributed by atoms with E-state index in [1.54, 1.807) is 0 Å². The highest BCUT2D eigenvalue weighted by atomic mass is 16.8. The van der Waals surface area contributed by atoms with Crippen LogP contribution in [0.5, 0.6) is 0 Å². The molecule has 15 saturated heterocycles. The summed E-state index contributed by atoms with van der Waals surface area (Å²) in [4.78, 5) is 14.3. The highest BCUT2D eigenvalue weighted by Gasteiger charge is 2.60. The Labute approximate surface area is 555 Å². The van der Waals surface area contributed by atoms with E-state index in [9.17, 15) is 107 Å². The lowest BCUT2D eigenvalue weighted by molar-refractivity contribution is -0.396. The maximum absolute atomic E-state index is 14.3. The lowest BCUT2D eigenvalue weighted by Crippen LogP contribution is -2.70. The SMILES string of the molecule is O=C(CCCc1cc2cccc3ccc4cccc1c4c32)N[C@H]1[C@H]2O[C@H]3[C@H](O)[C@@H](O)[C@@H](O[C@H]4[C@H](O)[C@@H](O)[C@@H](O[C@H]5[C@H](O)[C@@H](O)[C@@H](O[C@H]6[C@H](O)[C@@H](O)[C@@H](O[C@H]7[C@H](O)[C@@H](O)[C@@H](O[C@H]8[C@H](O)[C@@H](O)[C@@H](O[C@@H]([C@@H]1O)[C@@H](CO)O2)O[C@@H]8CO)O[C@@H]7CO)O[C@@H]6CO)O[C@@H]5CO)O[C@@H]4CO)O[C@@H]3CO. The van der Waals surface area contributed by atoms with Crippen LogP contribution in [-0.4, -0.2) is 369 Å². The molecule has 98 heavy (non-hydrogen) atoms. The van der Waals surface area contributed by atoms with Gasteiger partial charge in [-0.3, -0.25) is 4.79 Å². The minimum atomic E-state index is -2.25. The molecule has 15 aliphatic heterocycles. The van der Waals surface area contributed by atoms with Gasteiger partial charge in [0.05, 0.1) is 46.2 Å². The molecule has 0 unspecified atom stereocenters. The van der Waals surface area contributed by atoms with Crippen molar-refractivity contribution in [2.75, 3.05) is 46.2 Å². The zero-order chi connectivity index (χ0) is 69.9. The van der Waals surface area contributed by atoms with Gasteiger partial charge in [-0.25, -0.2) is 0 Å². The van der Waals surface area contributed by atoms with Crippen LogP contribution in [0.4, 0.5) is 0 Å². The van der Waals surface area contributed by atoms with Crippen molar-refractivity contribution >= 4 is 38.2 Å². The number of ether oxygens (including phenoxy) is 14. The van der Waals surface area contributed by atoms with E-state index in [4.69, 9.17) is 66.3 Å². The lowest BCUT2D eigenvalue weighted by Gasteiger charge is -2.50. The summed E-state index contributed by atoms with van der Waals surface area (Å²) in [5, 5.41) is 235. The maximum atomic E-state index is 14.3. The molecule has 15 heterocycles. The fraction of sp³-hybridized carbons (Fsp3) is 0.726. The van der Waals surface area contributed by atoms with Gasteiger partial charge >= 0.3 is 0 Å². The number of aryl methyl sites for hydroxylation is 1. The molecule has 548 valence electrons. The molecule has 0 spiro atoms. The zero-order valence-electron chi connectivity index (χ0n) is 52.0. The van der Waals surface area contributed by atoms with Gasteiger partial charge in [0, 0.05) is 6.42 Å². The molecule has 0 saturated carbocycles. The number of nitrogens with one attached hydrogen (secondary N) is 1. The van der Waals surface area contributed by atoms with Gasteiger partial charge < -0.3 is 174 Å². The third-order valence-corrected chi connectivity index (χ3v) is 19.6. The quantitative estimate of drug-likeness (QED) is 0.0586. The van der Waals surface area contributed by atoms with E-state index in [1.807, 2.05) is 54.6 Å². The average molecular weight is 1400 g/mol. The molecular weight excluding hydrogens is 1320 g/mol. The van der Waals surface area contributed by atoms with Gasteiger partial charge in [0.1, 0.15) is 171 Å². The molecule has 0 aliphatic carbocycles. The van der Waals surface area contributed by atoms with Gasteiger partial charge in [-0.05, 0) is 50.7 Å². The molecule has 4 aromatic carbocycles. The van der Waals surface area contributed by atoms with Gasteiger partial charge in [0.2, 0.25) is 5.91 Å². The van der Waals surface area contributed by atoms with Gasteiger partial charge in [-0.2, -0.15) is 0 Å². The minimum Gasteiger partial charge on any atom is -0.394 e. The Balaban J connectivity index is 0.835. The van der Waals surface area contributed by atoms with Crippen molar-refractivity contribution in [1.82, 2.24) is 5.32 Å². The van der Waals surface area contributed by atoms with Crippen molar-refractivity contribution in [2.45, 2.75) is 234 Å². The molecule has 14 bridgehead atoms. The van der Waals surface area contributed by atoms with Crippen LogP contribution in [0.2, 0.25) is 0 Å². The van der Waals surface area contributed by atoms with E-state index in [-0.39, 0.29) is 12.8 Å². The summed E-state index contributed by atoms with van der Waals surface area (Å²) < 4.78 is 82.3. The van der Waals surface area contributed by atoms with E-state index in [0.29, 0.717) is 6.42 Å². The first-order valence-electron chi connectivity index (χ1n) is 32.3. The Bertz CT molecular complexity index is 3240. The number of hydrogen-bond donors (Lipinski definition) is 21. The molecule has 15 fully saturated rings. The van der Waals surface area contributed by atoms with Crippen LogP contribution in [0.15, 0.2) is 54.6 Å². The van der Waals surface area contributed by atoms with Gasteiger partial charge in [0.15, 0.2) is 44.0 Å². The fourth-order valence-corrected chi connectivity index (χ4v) is 14.3. The lowest BCUT2D eigenvalue weighted by atomic mass is 9.90. The summed E-state index contributed by atoms with van der Waals surface area (Å²) in [7, 11) is 0. The fourth-order valence-electron chi connectivity index (χ4n) is 14.3. The molecule has 0 radical (unpaired) electrons. The van der Waals surface area contributed by atoms with Crippen molar-refractivity contribution in [1.29, 1.82) is 0 Å². The Hall–Kier alpha value is -3.97. The number of rotatable bonds is 12. The van der Waals surface area contributed by atoms with E-state index in [1.165, 1.54) is 0 Å². The summed E-state index contributed by atoms with van der Waals surface area (Å²) in [6.45, 7) is -7.45. The topological polar surface area (TPSA) is 563 Å². The smallest absolute Gasteiger partial charge is 0.220 e. The van der Waals surface area contributed by atoms with Crippen LogP contribution in [-0.2, 0) is 77.5 Å². The van der Waals surface area contributed by atoms with Crippen LogP contribution in [0.25, 0.3) is 32.3 Å². The molecule has 36 nitrogen and oxygen atoms in total. The van der Waals surface area contributed by atoms with Crippen molar-refractivity contribution in [3.63, 3.8) is 0 Å². The number of carbonyl (C=O) groups excluding carboxylic acids is 1. The molecule has 1 amide bonds. The van der Waals surface area contributed by atoms with Crippen molar-refractivity contribution in [3.8, 4) is 0 Å². The van der Waals surface area contributed by atoms with Crippen LogP contribution >= 0.6 is 0 Å². The van der Waals surface area contributed by atoms with Gasteiger partial charge in [0.25, 0.3) is 0 Å². The van der Waals surface area contributed by atoms with Crippen LogP contribution < -0.4 is 5.32 Å². The van der Waals surface area contributed by atoms with E-state index in [2.05, 4.69) is 5.32 Å². The van der Waals surface area contributed by atoms with Gasteiger partial charge in [-0.1, -0.05) is 54.6 Å². The maximum Gasteiger partial charge on any atom is 0.220 e. The summed E-state index contributed by atoms with van der Waals surface area (Å²) in [6.07, 6.45) is -68.6. The zero-order valence-corrected chi connectivity index (χ0v) is 52.0. The number of aliphatic hydroxyl groups is 20. The second-order valence-corrected chi connectivity index (χ2v) is 25.7. The second kappa shape index (κ2) is 31.2. The van der Waals surface area contributed by atoms with E-state index >= 15 is 0 Å². The standard InChI is InChI=1S/C62H85NO35/c64-13-25-49-36(72)35(63-32(71)9-3-6-22-12-23-7-1-4-20-10-11-21-5-2-8-24(22)34(21)33(20)23)56(85-25)92-50-26(14-65)86-58(43(79)37(50)73)94-52-28(16-67)88-60(45(81)39(52)75)96-54-30(18-69)90-62(47(83)41(54)77)98-55-31(19-70)91-61(48(84)42(55)78)97-53-29(17-68)89-59(46(82)40(53)76)95-51-27(15-66)87-57(93-49)44(80)38(51)74/h1-2,4-5,7-8,10-12,25-31,35-62,64-70,72-84H,3,6,9,13-19H2,(H,63,71)/t25-,26-,27-,28-,29-,30-,31-,35-,36-,37-,38-,39-,40-,41-,42-,43-,44-,45-,46-,47-,48-,49-,50-,51-,52-,53-,54-,55-,56-,57-,58-,59-,60-,61-,62-/m1/s1. The Morgan fingerprint density at radius 2 is 0.592 bits per heavy atom. The third-order valence-electron chi connectivity index (χ3n) is 19.6. The van der Waals surface area contributed by atoms with Crippen LogP contribution in [0.3, 0.4) is 0 Å². The minimum absolute atomic E-state index is 0.209. The summed E-state index contributed by atoms with van der Waals surface area (Å²) in [5.74, 6) is -0.740. The number of hydrogen-bond acceptors (Lipinski definition) is 35. The molecule has 0 aromatic heterocycles. The average Bonchev–Trinajstić information content (AvgIpc) is 0.744. The number of benzene rings is 4. The van der Waals surface area contributed by atoms with Crippen molar-refractivity contribution < 1.29 is 173 Å². The first-order chi connectivity index (χ1) is 47.1. The Morgan fingerprint density at radius 3 is 0.918 bits per heavy atom. The Morgan fingerprint density at radius 1 is 0.316 bits per heavy atom. The summed E-state index contributed by atoms with van der Waals surface area (Å²) in [6, 6.07) is 16.1. The second-order valence-electron chi connectivity index (χ2n) is 25.7. The highest BCUT2D eigenvalue weighted by Crippen LogP contribution is 2.41. The molecule has 15 aliphatic rings. The molecule has 35 atom stereocenters. The first kappa shape index (κ1) is 73.8. The largest absolute Gasteiger partial charge is 0.394 e. The molecular formula is C62H85NO35. The predicted molar refractivity (Wildman–Crippen MR) is 317 cm³/mol. The molecule has 4 aromatic rings. The molecule has 19 rings (SSSR count). The normalized spacial score (nSPS) is 46.1. The van der Waals surface area contributed by atoms with Crippen LogP contribution in [0, 0.1) is 0 Å². The highest BCUT2D eigenvalue weighted by molar-refractivity contribution is 6.23. The molecule has 21 N–H and O–H groups in total. The number of aliphatic hydroxyl groups excluding tert-OH is 20. The summed E-state index contributed by atoms with van der Waals surface area (Å²) in [5.41, 5.74) is 0.920. The van der Waals surface area contributed by atoms with Crippen molar-refractivity contribution in [2.24, 2.45) is 0 Å². The molecule has 36 heteroatoms. The van der Waals surface area contributed by atoms with Crippen LogP contribution in [0.1, 0.15) is 18.4 Å². The summed E-state index contributed by atoms with van der Waals surface area (Å²) >= 11 is 0. The monoisotopic (exact) mass is 1400 g/mol. The van der Waals surface area contributed by atoms with Gasteiger partial charge in [-0.15, -0.1) is 0 Å². The predicted octanol–water partition coefficient (Wildman–Crippen LogP) is -10.2. The Kier molecular flexibility index (Phi) is 23.5. The third kappa shape index (κ3) is 14.0. The number of fused-ring (bicyclic) bond motifs is 7. The van der Waals surface area contributed by atoms with E-state index < -0.39 is 267 Å². The number of carbonyl (C=O) groups is 1. The number of amides is 1. The van der Waals surface area contributed by atoms with E-state index in [0.717, 1.165) is 37.9 Å². The first-order valence-corrected chi connectivity index (χ1v) is 32.3.